The molecule has 1 unspecified atom stereocenters. The van der Waals surface area contributed by atoms with E-state index in [1.807, 2.05) is 11.9 Å². The molecule has 0 saturated carbocycles. The number of rotatable bonds is 5. The van der Waals surface area contributed by atoms with Gasteiger partial charge in [0, 0.05) is 6.04 Å². The monoisotopic (exact) mass is 206 g/mol. The van der Waals surface area contributed by atoms with Crippen LogP contribution in [-0.2, 0) is 0 Å². The Morgan fingerprint density at radius 1 is 1.43 bits per heavy atom. The number of hydrogen-bond donors (Lipinski definition) is 1. The molecule has 0 amide bonds. The molecule has 0 spiro atoms. The quantitative estimate of drug-likeness (QED) is 0.736. The molecule has 1 heterocycles. The van der Waals surface area contributed by atoms with Crippen molar-refractivity contribution in [1.82, 2.24) is 10.2 Å². The minimum absolute atomic E-state index is 0.0472. The Labute approximate surface area is 84.7 Å². The van der Waals surface area contributed by atoms with Gasteiger partial charge in [0.05, 0.1) is 6.54 Å². The zero-order valence-corrected chi connectivity index (χ0v) is 8.81. The lowest BCUT2D eigenvalue weighted by Gasteiger charge is -2.35. The molecule has 0 aliphatic carbocycles. The molecular formula is C10H20F2N2. The van der Waals surface area contributed by atoms with Crippen LogP contribution in [-0.4, -0.2) is 44.0 Å². The SMILES string of the molecule is CNCCC1CCCCN1CC(F)F. The number of likely N-dealkylation sites (tertiary alicyclic amines) is 1. The maximum absolute atomic E-state index is 12.3. The molecule has 1 aliphatic rings. The van der Waals surface area contributed by atoms with Gasteiger partial charge in [-0.05, 0) is 39.4 Å². The molecule has 2 nitrogen and oxygen atoms in total. The number of hydrogen-bond acceptors (Lipinski definition) is 2. The van der Waals surface area contributed by atoms with Crippen LogP contribution in [0.5, 0.6) is 0 Å². The first-order chi connectivity index (χ1) is 6.74. The highest BCUT2D eigenvalue weighted by molar-refractivity contribution is 4.77. The maximum atomic E-state index is 12.3. The van der Waals surface area contributed by atoms with Crippen LogP contribution in [0, 0.1) is 0 Å². The second-order valence-corrected chi connectivity index (χ2v) is 3.93. The second-order valence-electron chi connectivity index (χ2n) is 3.93. The Morgan fingerprint density at radius 2 is 2.21 bits per heavy atom. The van der Waals surface area contributed by atoms with E-state index < -0.39 is 6.43 Å². The first-order valence-electron chi connectivity index (χ1n) is 5.41. The first-order valence-corrected chi connectivity index (χ1v) is 5.41. The van der Waals surface area contributed by atoms with E-state index in [0.717, 1.165) is 32.4 Å². The molecule has 1 saturated heterocycles. The largest absolute Gasteiger partial charge is 0.320 e. The number of piperidine rings is 1. The minimum atomic E-state index is -2.19. The Kier molecular flexibility index (Phi) is 5.33. The highest BCUT2D eigenvalue weighted by Gasteiger charge is 2.23. The fourth-order valence-corrected chi connectivity index (χ4v) is 2.12. The van der Waals surface area contributed by atoms with Crippen LogP contribution >= 0.6 is 0 Å². The molecule has 1 N–H and O–H groups in total. The molecule has 0 aromatic heterocycles. The van der Waals surface area contributed by atoms with Crippen molar-refractivity contribution in [3.63, 3.8) is 0 Å². The predicted molar refractivity (Wildman–Crippen MR) is 53.8 cm³/mol. The molecular weight excluding hydrogens is 186 g/mol. The number of halogens is 2. The Morgan fingerprint density at radius 3 is 2.86 bits per heavy atom. The Balaban J connectivity index is 2.33. The summed E-state index contributed by atoms with van der Waals surface area (Å²) in [6.07, 6.45) is 2.14. The van der Waals surface area contributed by atoms with E-state index in [9.17, 15) is 8.78 Å². The van der Waals surface area contributed by atoms with Crippen molar-refractivity contribution < 1.29 is 8.78 Å². The van der Waals surface area contributed by atoms with E-state index in [1.54, 1.807) is 0 Å². The van der Waals surface area contributed by atoms with Crippen LogP contribution in [0.25, 0.3) is 0 Å². The van der Waals surface area contributed by atoms with Gasteiger partial charge >= 0.3 is 0 Å². The summed E-state index contributed by atoms with van der Waals surface area (Å²) in [7, 11) is 1.90. The van der Waals surface area contributed by atoms with Crippen molar-refractivity contribution in [3.05, 3.63) is 0 Å². The van der Waals surface area contributed by atoms with E-state index in [-0.39, 0.29) is 6.54 Å². The smallest absolute Gasteiger partial charge is 0.251 e. The van der Waals surface area contributed by atoms with Crippen LogP contribution in [0.4, 0.5) is 8.78 Å². The highest BCUT2D eigenvalue weighted by atomic mass is 19.3. The van der Waals surface area contributed by atoms with Gasteiger partial charge in [0.1, 0.15) is 0 Å². The van der Waals surface area contributed by atoms with Crippen molar-refractivity contribution in [3.8, 4) is 0 Å². The number of nitrogens with one attached hydrogen (secondary N) is 1. The van der Waals surface area contributed by atoms with Gasteiger partial charge in [0.15, 0.2) is 0 Å². The van der Waals surface area contributed by atoms with Crippen LogP contribution in [0.1, 0.15) is 25.7 Å². The normalized spacial score (nSPS) is 24.4. The lowest BCUT2D eigenvalue weighted by atomic mass is 9.99. The summed E-state index contributed by atoms with van der Waals surface area (Å²) in [6, 6.07) is 0.366. The van der Waals surface area contributed by atoms with Crippen molar-refractivity contribution in [2.24, 2.45) is 0 Å². The molecule has 0 radical (unpaired) electrons. The van der Waals surface area contributed by atoms with Gasteiger partial charge in [0.25, 0.3) is 6.43 Å². The second kappa shape index (κ2) is 6.30. The van der Waals surface area contributed by atoms with Crippen LogP contribution in [0.2, 0.25) is 0 Å². The van der Waals surface area contributed by atoms with Gasteiger partial charge in [-0.2, -0.15) is 0 Å². The van der Waals surface area contributed by atoms with Gasteiger partial charge in [-0.25, -0.2) is 8.78 Å². The topological polar surface area (TPSA) is 15.3 Å². The summed E-state index contributed by atoms with van der Waals surface area (Å²) in [6.45, 7) is 1.72. The molecule has 1 rings (SSSR count). The first kappa shape index (κ1) is 11.9. The average Bonchev–Trinajstić information content (AvgIpc) is 2.16. The van der Waals surface area contributed by atoms with Gasteiger partial charge in [-0.3, -0.25) is 4.90 Å². The van der Waals surface area contributed by atoms with Crippen molar-refractivity contribution in [2.45, 2.75) is 38.2 Å². The van der Waals surface area contributed by atoms with Crippen LogP contribution in [0.15, 0.2) is 0 Å². The lowest BCUT2D eigenvalue weighted by Crippen LogP contribution is -2.43. The summed E-state index contributed by atoms with van der Waals surface area (Å²) in [5.74, 6) is 0. The van der Waals surface area contributed by atoms with Gasteiger partial charge in [-0.1, -0.05) is 6.42 Å². The van der Waals surface area contributed by atoms with Gasteiger partial charge < -0.3 is 5.32 Å². The van der Waals surface area contributed by atoms with E-state index in [1.165, 1.54) is 6.42 Å². The third-order valence-corrected chi connectivity index (χ3v) is 2.85. The Hall–Kier alpha value is -0.220. The highest BCUT2D eigenvalue weighted by Crippen LogP contribution is 2.20. The van der Waals surface area contributed by atoms with E-state index in [4.69, 9.17) is 0 Å². The van der Waals surface area contributed by atoms with E-state index >= 15 is 0 Å². The van der Waals surface area contributed by atoms with Crippen molar-refractivity contribution in [2.75, 3.05) is 26.7 Å². The molecule has 84 valence electrons. The maximum Gasteiger partial charge on any atom is 0.251 e. The minimum Gasteiger partial charge on any atom is -0.320 e. The summed E-state index contributed by atoms with van der Waals surface area (Å²) < 4.78 is 24.5. The van der Waals surface area contributed by atoms with Crippen molar-refractivity contribution in [1.29, 1.82) is 0 Å². The summed E-state index contributed by atoms with van der Waals surface area (Å²) in [4.78, 5) is 1.95. The van der Waals surface area contributed by atoms with Crippen LogP contribution < -0.4 is 5.32 Å². The fourth-order valence-electron chi connectivity index (χ4n) is 2.12. The Bertz CT molecular complexity index is 153. The molecule has 1 aliphatic heterocycles. The molecule has 4 heteroatoms. The van der Waals surface area contributed by atoms with E-state index in [0.29, 0.717) is 6.04 Å². The zero-order chi connectivity index (χ0) is 10.4. The van der Waals surface area contributed by atoms with Gasteiger partial charge in [-0.15, -0.1) is 0 Å². The standard InChI is InChI=1S/C10H20F2N2/c1-13-6-5-9-4-2-3-7-14(9)8-10(11)12/h9-10,13H,2-8H2,1H3. The third-order valence-electron chi connectivity index (χ3n) is 2.85. The van der Waals surface area contributed by atoms with Crippen LogP contribution in [0.3, 0.4) is 0 Å². The molecule has 14 heavy (non-hydrogen) atoms. The molecule has 0 bridgehead atoms. The van der Waals surface area contributed by atoms with Gasteiger partial charge in [0.2, 0.25) is 0 Å². The number of alkyl halides is 2. The fraction of sp³-hybridized carbons (Fsp3) is 1.00. The molecule has 0 aromatic carbocycles. The predicted octanol–water partition coefficient (Wildman–Crippen LogP) is 1.72. The molecule has 1 fully saturated rings. The number of nitrogens with zero attached hydrogens (tertiary/aromatic N) is 1. The average molecular weight is 206 g/mol. The third kappa shape index (κ3) is 3.88. The lowest BCUT2D eigenvalue weighted by molar-refractivity contribution is 0.0468. The summed E-state index contributed by atoms with van der Waals surface area (Å²) in [5.41, 5.74) is 0. The zero-order valence-electron chi connectivity index (χ0n) is 8.81. The summed E-state index contributed by atoms with van der Waals surface area (Å²) in [5, 5.41) is 3.07. The molecule has 1 atom stereocenters. The molecule has 0 aromatic rings. The van der Waals surface area contributed by atoms with Crippen molar-refractivity contribution >= 4 is 0 Å². The summed E-state index contributed by atoms with van der Waals surface area (Å²) >= 11 is 0. The van der Waals surface area contributed by atoms with E-state index in [2.05, 4.69) is 5.32 Å².